The molecule has 1 heterocycles. The lowest BCUT2D eigenvalue weighted by molar-refractivity contribution is -0.129. The molecular weight excluding hydrogens is 394 g/mol. The highest BCUT2D eigenvalue weighted by atomic mass is 35.5. The summed E-state index contributed by atoms with van der Waals surface area (Å²) in [7, 11) is 3.12. The van der Waals surface area contributed by atoms with E-state index in [1.807, 2.05) is 12.1 Å². The van der Waals surface area contributed by atoms with Crippen molar-refractivity contribution in [1.29, 1.82) is 0 Å². The first-order valence-corrected chi connectivity index (χ1v) is 9.47. The quantitative estimate of drug-likeness (QED) is 0.742. The smallest absolute Gasteiger partial charge is 0.290 e. The van der Waals surface area contributed by atoms with Crippen LogP contribution in [0.4, 0.5) is 0 Å². The number of amides is 1. The number of carbonyl (C=O) groups is 2. The van der Waals surface area contributed by atoms with E-state index in [4.69, 9.17) is 21.1 Å². The molecular formula is C22H22ClNO5. The van der Waals surface area contributed by atoms with Gasteiger partial charge in [-0.25, -0.2) is 0 Å². The average Bonchev–Trinajstić information content (AvgIpc) is 2.97. The van der Waals surface area contributed by atoms with Gasteiger partial charge >= 0.3 is 0 Å². The van der Waals surface area contributed by atoms with E-state index in [-0.39, 0.29) is 17.9 Å². The monoisotopic (exact) mass is 415 g/mol. The van der Waals surface area contributed by atoms with Crippen molar-refractivity contribution in [3.8, 4) is 11.5 Å². The molecule has 0 aliphatic carbocycles. The zero-order valence-electron chi connectivity index (χ0n) is 16.4. The standard InChI is InChI=1S/C22H22ClNO5/c1-13(25)19-20(15-6-4-5-7-16(15)23)24(22(27)21(19)26)11-10-14-8-9-17(28-2)18(12-14)29-3/h4-9,12,20,26H,10-11H2,1-3H3/t20-/m1/s1. The van der Waals surface area contributed by atoms with Gasteiger partial charge in [-0.2, -0.15) is 0 Å². The topological polar surface area (TPSA) is 76.1 Å². The van der Waals surface area contributed by atoms with Crippen LogP contribution < -0.4 is 9.47 Å². The van der Waals surface area contributed by atoms with Crippen LogP contribution in [0.3, 0.4) is 0 Å². The summed E-state index contributed by atoms with van der Waals surface area (Å²) in [5.74, 6) is -0.267. The van der Waals surface area contributed by atoms with Gasteiger partial charge in [-0.15, -0.1) is 0 Å². The van der Waals surface area contributed by atoms with Crippen LogP contribution in [-0.2, 0) is 16.0 Å². The molecule has 0 fully saturated rings. The van der Waals surface area contributed by atoms with E-state index in [2.05, 4.69) is 0 Å². The molecule has 0 aromatic heterocycles. The van der Waals surface area contributed by atoms with Gasteiger partial charge in [0, 0.05) is 11.6 Å². The Labute approximate surface area is 174 Å². The van der Waals surface area contributed by atoms with Gasteiger partial charge in [0.25, 0.3) is 5.91 Å². The highest BCUT2D eigenvalue weighted by Gasteiger charge is 2.42. The van der Waals surface area contributed by atoms with Gasteiger partial charge < -0.3 is 19.5 Å². The number of ether oxygens (including phenoxy) is 2. The van der Waals surface area contributed by atoms with Crippen molar-refractivity contribution >= 4 is 23.3 Å². The zero-order valence-corrected chi connectivity index (χ0v) is 17.2. The molecule has 1 N–H and O–H groups in total. The molecule has 0 unspecified atom stereocenters. The highest BCUT2D eigenvalue weighted by Crippen LogP contribution is 2.40. The SMILES string of the molecule is COc1ccc(CCN2C(=O)C(O)=C(C(C)=O)[C@H]2c2ccccc2Cl)cc1OC. The third-order valence-electron chi connectivity index (χ3n) is 4.97. The molecule has 29 heavy (non-hydrogen) atoms. The summed E-state index contributed by atoms with van der Waals surface area (Å²) in [4.78, 5) is 26.4. The maximum atomic E-state index is 12.7. The predicted molar refractivity (Wildman–Crippen MR) is 109 cm³/mol. The number of methoxy groups -OCH3 is 2. The molecule has 6 nitrogen and oxygen atoms in total. The van der Waals surface area contributed by atoms with Crippen LogP contribution in [0.15, 0.2) is 53.8 Å². The number of aliphatic hydroxyl groups is 1. The van der Waals surface area contributed by atoms with E-state index in [1.54, 1.807) is 44.6 Å². The summed E-state index contributed by atoms with van der Waals surface area (Å²) < 4.78 is 10.6. The number of nitrogens with zero attached hydrogens (tertiary/aromatic N) is 1. The number of carbonyl (C=O) groups excluding carboxylic acids is 2. The molecule has 1 aliphatic rings. The Morgan fingerprint density at radius 3 is 2.45 bits per heavy atom. The fraction of sp³-hybridized carbons (Fsp3) is 0.273. The van der Waals surface area contributed by atoms with Crippen molar-refractivity contribution in [2.24, 2.45) is 0 Å². The number of aliphatic hydroxyl groups excluding tert-OH is 1. The average molecular weight is 416 g/mol. The first-order chi connectivity index (χ1) is 13.9. The summed E-state index contributed by atoms with van der Waals surface area (Å²) in [6, 6.07) is 11.8. The van der Waals surface area contributed by atoms with E-state index < -0.39 is 17.7 Å². The molecule has 1 amide bonds. The van der Waals surface area contributed by atoms with Crippen LogP contribution in [0.2, 0.25) is 5.02 Å². The number of hydrogen-bond donors (Lipinski definition) is 1. The number of hydrogen-bond acceptors (Lipinski definition) is 5. The number of benzene rings is 2. The minimum Gasteiger partial charge on any atom is -0.503 e. The van der Waals surface area contributed by atoms with Crippen LogP contribution in [0, 0.1) is 0 Å². The summed E-state index contributed by atoms with van der Waals surface area (Å²) in [5.41, 5.74) is 1.59. The summed E-state index contributed by atoms with van der Waals surface area (Å²) in [6.07, 6.45) is 0.492. The van der Waals surface area contributed by atoms with Gasteiger partial charge in [0.2, 0.25) is 0 Å². The molecule has 1 aliphatic heterocycles. The molecule has 2 aromatic rings. The van der Waals surface area contributed by atoms with E-state index in [0.29, 0.717) is 28.5 Å². The van der Waals surface area contributed by atoms with Crippen LogP contribution >= 0.6 is 11.6 Å². The van der Waals surface area contributed by atoms with Gasteiger partial charge in [-0.05, 0) is 42.7 Å². The predicted octanol–water partition coefficient (Wildman–Crippen LogP) is 3.88. The van der Waals surface area contributed by atoms with Crippen LogP contribution in [0.1, 0.15) is 24.1 Å². The van der Waals surface area contributed by atoms with Crippen LogP contribution in [-0.4, -0.2) is 42.5 Å². The molecule has 2 aromatic carbocycles. The lowest BCUT2D eigenvalue weighted by atomic mass is 9.96. The lowest BCUT2D eigenvalue weighted by Crippen LogP contribution is -2.33. The molecule has 0 radical (unpaired) electrons. The van der Waals surface area contributed by atoms with Crippen molar-refractivity contribution in [2.75, 3.05) is 20.8 Å². The van der Waals surface area contributed by atoms with Gasteiger partial charge in [0.05, 0.1) is 25.8 Å². The van der Waals surface area contributed by atoms with Crippen molar-refractivity contribution in [3.63, 3.8) is 0 Å². The Hall–Kier alpha value is -2.99. The van der Waals surface area contributed by atoms with Crippen molar-refractivity contribution in [1.82, 2.24) is 4.90 Å². The summed E-state index contributed by atoms with van der Waals surface area (Å²) in [6.45, 7) is 1.62. The first kappa shape index (κ1) is 20.7. The third-order valence-corrected chi connectivity index (χ3v) is 5.32. The molecule has 3 rings (SSSR count). The normalized spacial score (nSPS) is 16.3. The molecule has 7 heteroatoms. The maximum Gasteiger partial charge on any atom is 0.290 e. The van der Waals surface area contributed by atoms with Crippen LogP contribution in [0.25, 0.3) is 0 Å². The van der Waals surface area contributed by atoms with Gasteiger partial charge in [-0.1, -0.05) is 35.9 Å². The van der Waals surface area contributed by atoms with E-state index in [0.717, 1.165) is 5.56 Å². The molecule has 1 atom stereocenters. The third kappa shape index (κ3) is 3.93. The number of rotatable bonds is 7. The summed E-state index contributed by atoms with van der Waals surface area (Å²) >= 11 is 6.34. The minimum atomic E-state index is -0.728. The largest absolute Gasteiger partial charge is 0.503 e. The van der Waals surface area contributed by atoms with Crippen LogP contribution in [0.5, 0.6) is 11.5 Å². The van der Waals surface area contributed by atoms with Gasteiger partial charge in [0.1, 0.15) is 0 Å². The van der Waals surface area contributed by atoms with E-state index in [1.165, 1.54) is 11.8 Å². The van der Waals surface area contributed by atoms with Crippen molar-refractivity contribution < 1.29 is 24.2 Å². The highest BCUT2D eigenvalue weighted by molar-refractivity contribution is 6.31. The molecule has 0 spiro atoms. The Morgan fingerprint density at radius 2 is 1.83 bits per heavy atom. The Morgan fingerprint density at radius 1 is 1.14 bits per heavy atom. The molecule has 152 valence electrons. The second-order valence-corrected chi connectivity index (χ2v) is 7.09. The Bertz CT molecular complexity index is 985. The maximum absolute atomic E-state index is 12.7. The zero-order chi connectivity index (χ0) is 21.1. The Balaban J connectivity index is 1.92. The van der Waals surface area contributed by atoms with E-state index >= 15 is 0 Å². The number of halogens is 1. The number of ketones is 1. The van der Waals surface area contributed by atoms with E-state index in [9.17, 15) is 14.7 Å². The van der Waals surface area contributed by atoms with Crippen molar-refractivity contribution in [3.05, 3.63) is 69.9 Å². The summed E-state index contributed by atoms with van der Waals surface area (Å²) in [5, 5.41) is 10.8. The molecule has 0 bridgehead atoms. The fourth-order valence-corrected chi connectivity index (χ4v) is 3.79. The van der Waals surface area contributed by atoms with Gasteiger partial charge in [-0.3, -0.25) is 9.59 Å². The first-order valence-electron chi connectivity index (χ1n) is 9.09. The van der Waals surface area contributed by atoms with Crippen molar-refractivity contribution in [2.45, 2.75) is 19.4 Å². The van der Waals surface area contributed by atoms with Gasteiger partial charge in [0.15, 0.2) is 23.0 Å². The fourth-order valence-electron chi connectivity index (χ4n) is 3.55. The molecule has 0 saturated carbocycles. The number of Topliss-reactive ketones (excluding diaryl/α,β-unsaturated/α-hetero) is 1. The minimum absolute atomic E-state index is 0.0652. The Kier molecular flexibility index (Phi) is 6.13. The molecule has 0 saturated heterocycles. The lowest BCUT2D eigenvalue weighted by Gasteiger charge is -2.27. The second kappa shape index (κ2) is 8.57. The second-order valence-electron chi connectivity index (χ2n) is 6.68.